The van der Waals surface area contributed by atoms with E-state index >= 15 is 0 Å². The summed E-state index contributed by atoms with van der Waals surface area (Å²) in [5, 5.41) is 27.0. The predicted octanol–water partition coefficient (Wildman–Crippen LogP) is 1.99. The first kappa shape index (κ1) is 15.3. The van der Waals surface area contributed by atoms with Crippen LogP contribution in [0.1, 0.15) is 17.5 Å². The molecule has 0 aliphatic heterocycles. The Morgan fingerprint density at radius 2 is 1.95 bits per heavy atom. The highest BCUT2D eigenvalue weighted by Gasteiger charge is 2.08. The van der Waals surface area contributed by atoms with Crippen LogP contribution >= 0.6 is 0 Å². The van der Waals surface area contributed by atoms with Gasteiger partial charge in [-0.05, 0) is 23.8 Å². The normalized spacial score (nSPS) is 11.1. The highest BCUT2D eigenvalue weighted by Crippen LogP contribution is 2.32. The predicted molar refractivity (Wildman–Crippen MR) is 72.6 cm³/mol. The molecule has 0 spiro atoms. The van der Waals surface area contributed by atoms with Crippen LogP contribution in [0.3, 0.4) is 0 Å². The molecule has 0 aromatic heterocycles. The van der Waals surface area contributed by atoms with Gasteiger partial charge in [-0.1, -0.05) is 12.2 Å². The summed E-state index contributed by atoms with van der Waals surface area (Å²) in [6.45, 7) is 0. The number of rotatable bonds is 6. The number of carboxylic acid groups (broad SMARTS) is 2. The van der Waals surface area contributed by atoms with E-state index in [0.717, 1.165) is 6.08 Å². The van der Waals surface area contributed by atoms with Crippen molar-refractivity contribution >= 4 is 24.1 Å². The number of ether oxygens (including phenoxy) is 1. The molecule has 0 bridgehead atoms. The van der Waals surface area contributed by atoms with E-state index in [1.807, 2.05) is 0 Å². The third-order valence-electron chi connectivity index (χ3n) is 2.35. The Balaban J connectivity index is 3.14. The molecule has 0 amide bonds. The maximum Gasteiger partial charge on any atom is 0.328 e. The topological polar surface area (TPSA) is 104 Å². The Bertz CT molecular complexity index is 571. The summed E-state index contributed by atoms with van der Waals surface area (Å²) >= 11 is 0. The number of hydrogen-bond donors (Lipinski definition) is 3. The number of aromatic hydroxyl groups is 1. The van der Waals surface area contributed by atoms with Gasteiger partial charge >= 0.3 is 11.9 Å². The molecule has 3 N–H and O–H groups in total. The number of phenols is 1. The van der Waals surface area contributed by atoms with Gasteiger partial charge in [-0.15, -0.1) is 0 Å². The minimum Gasteiger partial charge on any atom is -0.504 e. The van der Waals surface area contributed by atoms with Crippen LogP contribution in [0.4, 0.5) is 0 Å². The van der Waals surface area contributed by atoms with Crippen LogP contribution in [0.25, 0.3) is 12.2 Å². The SMILES string of the molecule is COc1cc(C=CC(=O)O)cc(C=CCC(=O)O)c1O. The van der Waals surface area contributed by atoms with E-state index in [4.69, 9.17) is 14.9 Å². The molecule has 0 fully saturated rings. The molecule has 1 aromatic rings. The third kappa shape index (κ3) is 4.49. The van der Waals surface area contributed by atoms with Crippen LogP contribution in [0.2, 0.25) is 0 Å². The van der Waals surface area contributed by atoms with Gasteiger partial charge in [0.25, 0.3) is 0 Å². The molecular weight excluding hydrogens is 264 g/mol. The maximum absolute atomic E-state index is 10.5. The first-order valence-corrected chi connectivity index (χ1v) is 5.64. The van der Waals surface area contributed by atoms with Gasteiger partial charge in [0.2, 0.25) is 0 Å². The van der Waals surface area contributed by atoms with Crippen LogP contribution in [-0.2, 0) is 9.59 Å². The summed E-state index contributed by atoms with van der Waals surface area (Å²) in [6.07, 6.45) is 4.93. The summed E-state index contributed by atoms with van der Waals surface area (Å²) in [5.41, 5.74) is 0.854. The van der Waals surface area contributed by atoms with E-state index in [-0.39, 0.29) is 17.9 Å². The zero-order valence-corrected chi connectivity index (χ0v) is 10.7. The molecule has 106 valence electrons. The van der Waals surface area contributed by atoms with Crippen LogP contribution < -0.4 is 4.74 Å². The Hall–Kier alpha value is -2.76. The molecule has 0 saturated carbocycles. The van der Waals surface area contributed by atoms with Gasteiger partial charge in [0, 0.05) is 11.6 Å². The van der Waals surface area contributed by atoms with Gasteiger partial charge in [0.1, 0.15) is 0 Å². The maximum atomic E-state index is 10.5. The highest BCUT2D eigenvalue weighted by molar-refractivity contribution is 5.85. The number of phenolic OH excluding ortho intramolecular Hbond substituents is 1. The Kier molecular flexibility index (Phi) is 5.34. The van der Waals surface area contributed by atoms with Crippen molar-refractivity contribution in [2.45, 2.75) is 6.42 Å². The summed E-state index contributed by atoms with van der Waals surface area (Å²) in [5.74, 6) is -2.05. The average Bonchev–Trinajstić information content (AvgIpc) is 2.38. The lowest BCUT2D eigenvalue weighted by Gasteiger charge is -2.08. The van der Waals surface area contributed by atoms with Crippen LogP contribution in [0, 0.1) is 0 Å². The first-order valence-electron chi connectivity index (χ1n) is 5.64. The second-order valence-electron chi connectivity index (χ2n) is 3.83. The van der Waals surface area contributed by atoms with Gasteiger partial charge in [-0.3, -0.25) is 4.79 Å². The van der Waals surface area contributed by atoms with Crippen LogP contribution in [0.5, 0.6) is 11.5 Å². The number of aliphatic carboxylic acids is 2. The van der Waals surface area contributed by atoms with Crippen molar-refractivity contribution in [2.75, 3.05) is 7.11 Å². The lowest BCUT2D eigenvalue weighted by Crippen LogP contribution is -1.91. The summed E-state index contributed by atoms with van der Waals surface area (Å²) in [6, 6.07) is 3.00. The zero-order chi connectivity index (χ0) is 15.1. The lowest BCUT2D eigenvalue weighted by atomic mass is 10.1. The molecule has 6 nitrogen and oxygen atoms in total. The fourth-order valence-electron chi connectivity index (χ4n) is 1.48. The Labute approximate surface area is 115 Å². The van der Waals surface area contributed by atoms with Crippen molar-refractivity contribution in [1.29, 1.82) is 0 Å². The molecule has 0 saturated heterocycles. The van der Waals surface area contributed by atoms with Crippen LogP contribution in [-0.4, -0.2) is 34.4 Å². The summed E-state index contributed by atoms with van der Waals surface area (Å²) in [7, 11) is 1.37. The standard InChI is InChI=1S/C14H14O6/c1-20-11-8-9(5-6-13(17)18)7-10(14(11)19)3-2-4-12(15)16/h2-3,5-8,19H,4H2,1H3,(H,15,16)(H,17,18). The molecule has 1 rings (SSSR count). The Morgan fingerprint density at radius 1 is 1.25 bits per heavy atom. The first-order chi connectivity index (χ1) is 9.43. The number of benzene rings is 1. The van der Waals surface area contributed by atoms with E-state index in [1.54, 1.807) is 0 Å². The summed E-state index contributed by atoms with van der Waals surface area (Å²) in [4.78, 5) is 20.9. The Morgan fingerprint density at radius 3 is 2.50 bits per heavy atom. The highest BCUT2D eigenvalue weighted by atomic mass is 16.5. The van der Waals surface area contributed by atoms with Crippen molar-refractivity contribution in [3.8, 4) is 11.5 Å². The molecule has 20 heavy (non-hydrogen) atoms. The average molecular weight is 278 g/mol. The van der Waals surface area contributed by atoms with Crippen molar-refractivity contribution in [3.63, 3.8) is 0 Å². The van der Waals surface area contributed by atoms with Gasteiger partial charge in [-0.25, -0.2) is 4.79 Å². The quantitative estimate of drug-likeness (QED) is 0.687. The van der Waals surface area contributed by atoms with E-state index in [9.17, 15) is 14.7 Å². The number of carbonyl (C=O) groups is 2. The van der Waals surface area contributed by atoms with Gasteiger partial charge in [0.15, 0.2) is 11.5 Å². The number of methoxy groups -OCH3 is 1. The molecule has 0 aliphatic rings. The lowest BCUT2D eigenvalue weighted by molar-refractivity contribution is -0.136. The molecule has 0 radical (unpaired) electrons. The van der Waals surface area contributed by atoms with Crippen molar-refractivity contribution < 1.29 is 29.6 Å². The molecule has 6 heteroatoms. The van der Waals surface area contributed by atoms with Gasteiger partial charge in [0.05, 0.1) is 13.5 Å². The number of hydrogen-bond acceptors (Lipinski definition) is 4. The molecule has 0 heterocycles. The second kappa shape index (κ2) is 6.98. The van der Waals surface area contributed by atoms with E-state index in [1.165, 1.54) is 37.5 Å². The van der Waals surface area contributed by atoms with Crippen molar-refractivity contribution in [2.24, 2.45) is 0 Å². The molecule has 0 aliphatic carbocycles. The van der Waals surface area contributed by atoms with Gasteiger partial charge < -0.3 is 20.1 Å². The van der Waals surface area contributed by atoms with Crippen LogP contribution in [0.15, 0.2) is 24.3 Å². The number of carboxylic acids is 2. The van der Waals surface area contributed by atoms with Crippen molar-refractivity contribution in [3.05, 3.63) is 35.4 Å². The monoisotopic (exact) mass is 278 g/mol. The van der Waals surface area contributed by atoms with Gasteiger partial charge in [-0.2, -0.15) is 0 Å². The minimum absolute atomic E-state index is 0.137. The third-order valence-corrected chi connectivity index (χ3v) is 2.35. The molecule has 1 aromatic carbocycles. The van der Waals surface area contributed by atoms with E-state index in [2.05, 4.69) is 0 Å². The second-order valence-corrected chi connectivity index (χ2v) is 3.83. The summed E-state index contributed by atoms with van der Waals surface area (Å²) < 4.78 is 4.98. The fourth-order valence-corrected chi connectivity index (χ4v) is 1.48. The fraction of sp³-hybridized carbons (Fsp3) is 0.143. The zero-order valence-electron chi connectivity index (χ0n) is 10.7. The molecular formula is C14H14O6. The minimum atomic E-state index is -1.10. The van der Waals surface area contributed by atoms with E-state index in [0.29, 0.717) is 11.1 Å². The smallest absolute Gasteiger partial charge is 0.328 e. The van der Waals surface area contributed by atoms with Crippen molar-refractivity contribution in [1.82, 2.24) is 0 Å². The largest absolute Gasteiger partial charge is 0.504 e. The molecule has 0 unspecified atom stereocenters. The molecule has 0 atom stereocenters. The van der Waals surface area contributed by atoms with E-state index < -0.39 is 11.9 Å².